The van der Waals surface area contributed by atoms with Crippen molar-refractivity contribution >= 4 is 27.5 Å². The predicted octanol–water partition coefficient (Wildman–Crippen LogP) is 4.21. The van der Waals surface area contributed by atoms with Crippen molar-refractivity contribution in [2.24, 2.45) is 5.10 Å². The maximum Gasteiger partial charge on any atom is 0.276 e. The lowest BCUT2D eigenvalue weighted by Gasteiger charge is -2.31. The number of aryl methyl sites for hydroxylation is 1. The van der Waals surface area contributed by atoms with Crippen molar-refractivity contribution in [2.45, 2.75) is 32.4 Å². The summed E-state index contributed by atoms with van der Waals surface area (Å²) in [5, 5.41) is 16.9. The summed E-state index contributed by atoms with van der Waals surface area (Å²) in [5.41, 5.74) is 1.52. The van der Waals surface area contributed by atoms with E-state index in [0.717, 1.165) is 15.7 Å². The molecule has 0 saturated carbocycles. The first kappa shape index (κ1) is 16.9. The maximum absolute atomic E-state index is 13.0. The van der Waals surface area contributed by atoms with Crippen LogP contribution in [-0.4, -0.2) is 21.7 Å². The van der Waals surface area contributed by atoms with Crippen LogP contribution in [0.3, 0.4) is 0 Å². The Balaban J connectivity index is 2.03. The molecule has 1 heterocycles. The third kappa shape index (κ3) is 3.01. The molecule has 0 unspecified atom stereocenters. The molecule has 1 aliphatic heterocycles. The quantitative estimate of drug-likeness (QED) is 0.858. The van der Waals surface area contributed by atoms with Crippen LogP contribution in [0.25, 0.3) is 0 Å². The fourth-order valence-corrected chi connectivity index (χ4v) is 3.13. The van der Waals surface area contributed by atoms with Gasteiger partial charge in [-0.05, 0) is 37.6 Å². The number of carbonyl (C=O) groups is 1. The molecular weight excluding hydrogens is 368 g/mol. The Morgan fingerprint density at radius 2 is 2.00 bits per heavy atom. The van der Waals surface area contributed by atoms with E-state index < -0.39 is 5.72 Å². The van der Waals surface area contributed by atoms with Gasteiger partial charge in [-0.1, -0.05) is 52.7 Å². The predicted molar refractivity (Wildman–Crippen MR) is 97.7 cm³/mol. The Labute approximate surface area is 149 Å². The molecule has 0 fully saturated rings. The standard InChI is InChI=1S/C19H19BrN2O2/c1-3-17-12-19(24,15-7-9-16(20)10-8-15)22(21-17)18(23)14-6-4-5-13(2)11-14/h4-11,24H,3,12H2,1-2H3/t19-/m1/s1. The minimum Gasteiger partial charge on any atom is -0.365 e. The second-order valence-electron chi connectivity index (χ2n) is 6.01. The molecule has 24 heavy (non-hydrogen) atoms. The van der Waals surface area contributed by atoms with E-state index in [2.05, 4.69) is 21.0 Å². The fourth-order valence-electron chi connectivity index (χ4n) is 2.87. The molecule has 0 spiro atoms. The molecule has 2 aromatic carbocycles. The fraction of sp³-hybridized carbons (Fsp3) is 0.263. The van der Waals surface area contributed by atoms with Crippen molar-refractivity contribution in [1.29, 1.82) is 0 Å². The summed E-state index contributed by atoms with van der Waals surface area (Å²) in [4.78, 5) is 13.0. The van der Waals surface area contributed by atoms with Crippen molar-refractivity contribution in [1.82, 2.24) is 5.01 Å². The molecule has 2 aromatic rings. The highest BCUT2D eigenvalue weighted by Gasteiger charge is 2.45. The molecule has 124 valence electrons. The SMILES string of the molecule is CCC1=NN(C(=O)c2cccc(C)c2)[C@](O)(c2ccc(Br)cc2)C1. The molecule has 1 N–H and O–H groups in total. The molecule has 0 radical (unpaired) electrons. The summed E-state index contributed by atoms with van der Waals surface area (Å²) in [6, 6.07) is 14.7. The van der Waals surface area contributed by atoms with E-state index in [-0.39, 0.29) is 5.91 Å². The number of halogens is 1. The minimum atomic E-state index is -1.45. The van der Waals surface area contributed by atoms with Crippen LogP contribution in [0.1, 0.15) is 41.3 Å². The molecule has 5 heteroatoms. The molecule has 0 aromatic heterocycles. The van der Waals surface area contributed by atoms with Gasteiger partial charge in [0.1, 0.15) is 0 Å². The number of amides is 1. The maximum atomic E-state index is 13.0. The van der Waals surface area contributed by atoms with E-state index in [9.17, 15) is 9.90 Å². The van der Waals surface area contributed by atoms with Crippen molar-refractivity contribution in [3.63, 3.8) is 0 Å². The van der Waals surface area contributed by atoms with Crippen LogP contribution in [-0.2, 0) is 5.72 Å². The first-order chi connectivity index (χ1) is 11.4. The van der Waals surface area contributed by atoms with E-state index in [4.69, 9.17) is 0 Å². The van der Waals surface area contributed by atoms with Gasteiger partial charge in [-0.3, -0.25) is 4.79 Å². The molecular formula is C19H19BrN2O2. The highest BCUT2D eigenvalue weighted by molar-refractivity contribution is 9.10. The van der Waals surface area contributed by atoms with Gasteiger partial charge in [0.25, 0.3) is 5.91 Å². The molecule has 0 bridgehead atoms. The van der Waals surface area contributed by atoms with E-state index in [1.54, 1.807) is 6.07 Å². The van der Waals surface area contributed by atoms with Gasteiger partial charge in [0.15, 0.2) is 5.72 Å². The van der Waals surface area contributed by atoms with Crippen molar-refractivity contribution in [3.8, 4) is 0 Å². The highest BCUT2D eigenvalue weighted by atomic mass is 79.9. The summed E-state index contributed by atoms with van der Waals surface area (Å²) in [6.07, 6.45) is 1.01. The summed E-state index contributed by atoms with van der Waals surface area (Å²) in [6.45, 7) is 3.91. The second-order valence-corrected chi connectivity index (χ2v) is 6.92. The molecule has 0 saturated heterocycles. The van der Waals surface area contributed by atoms with Gasteiger partial charge in [0.2, 0.25) is 0 Å². The number of aliphatic hydroxyl groups is 1. The normalized spacial score (nSPS) is 20.2. The molecule has 1 aliphatic rings. The van der Waals surface area contributed by atoms with Crippen LogP contribution >= 0.6 is 15.9 Å². The lowest BCUT2D eigenvalue weighted by molar-refractivity contribution is -0.0765. The summed E-state index contributed by atoms with van der Waals surface area (Å²) in [5.74, 6) is -0.299. The van der Waals surface area contributed by atoms with Crippen LogP contribution < -0.4 is 0 Å². The number of hydrazone groups is 1. The number of hydrogen-bond acceptors (Lipinski definition) is 3. The van der Waals surface area contributed by atoms with Crippen LogP contribution in [0, 0.1) is 6.92 Å². The Kier molecular flexibility index (Phi) is 4.56. The third-order valence-electron chi connectivity index (χ3n) is 4.21. The van der Waals surface area contributed by atoms with Gasteiger partial charge in [0, 0.05) is 27.7 Å². The van der Waals surface area contributed by atoms with Gasteiger partial charge in [-0.15, -0.1) is 0 Å². The first-order valence-electron chi connectivity index (χ1n) is 7.90. The molecule has 4 nitrogen and oxygen atoms in total. The Morgan fingerprint density at radius 3 is 2.62 bits per heavy atom. The minimum absolute atomic E-state index is 0.299. The zero-order valence-electron chi connectivity index (χ0n) is 13.7. The van der Waals surface area contributed by atoms with Crippen molar-refractivity contribution in [3.05, 3.63) is 69.7 Å². The smallest absolute Gasteiger partial charge is 0.276 e. The average molecular weight is 387 g/mol. The zero-order chi connectivity index (χ0) is 17.3. The molecule has 1 amide bonds. The number of carbonyl (C=O) groups excluding carboxylic acids is 1. The summed E-state index contributed by atoms with van der Waals surface area (Å²) < 4.78 is 0.918. The Morgan fingerprint density at radius 1 is 1.29 bits per heavy atom. The Bertz CT molecular complexity index is 801. The number of nitrogens with zero attached hydrogens (tertiary/aromatic N) is 2. The van der Waals surface area contributed by atoms with Gasteiger partial charge in [-0.2, -0.15) is 10.1 Å². The summed E-state index contributed by atoms with van der Waals surface area (Å²) >= 11 is 3.40. The van der Waals surface area contributed by atoms with Crippen molar-refractivity contribution in [2.75, 3.05) is 0 Å². The highest BCUT2D eigenvalue weighted by Crippen LogP contribution is 2.37. The monoisotopic (exact) mass is 386 g/mol. The van der Waals surface area contributed by atoms with Gasteiger partial charge in [0.05, 0.1) is 0 Å². The number of hydrogen-bond donors (Lipinski definition) is 1. The number of benzene rings is 2. The first-order valence-corrected chi connectivity index (χ1v) is 8.69. The van der Waals surface area contributed by atoms with E-state index >= 15 is 0 Å². The second kappa shape index (κ2) is 6.49. The van der Waals surface area contributed by atoms with Gasteiger partial charge in [-0.25, -0.2) is 0 Å². The molecule has 0 aliphatic carbocycles. The number of rotatable bonds is 3. The topological polar surface area (TPSA) is 52.9 Å². The lowest BCUT2D eigenvalue weighted by atomic mass is 9.96. The van der Waals surface area contributed by atoms with Crippen molar-refractivity contribution < 1.29 is 9.90 Å². The average Bonchev–Trinajstić information content (AvgIpc) is 2.93. The van der Waals surface area contributed by atoms with Gasteiger partial charge < -0.3 is 5.11 Å². The zero-order valence-corrected chi connectivity index (χ0v) is 15.2. The van der Waals surface area contributed by atoms with E-state index in [1.165, 1.54) is 5.01 Å². The van der Waals surface area contributed by atoms with Crippen LogP contribution in [0.5, 0.6) is 0 Å². The largest absolute Gasteiger partial charge is 0.365 e. The lowest BCUT2D eigenvalue weighted by Crippen LogP contribution is -2.43. The van der Waals surface area contributed by atoms with Crippen LogP contribution in [0.2, 0.25) is 0 Å². The third-order valence-corrected chi connectivity index (χ3v) is 4.74. The van der Waals surface area contributed by atoms with E-state index in [1.807, 2.05) is 56.3 Å². The Hall–Kier alpha value is -1.98. The van der Waals surface area contributed by atoms with Crippen LogP contribution in [0.15, 0.2) is 58.1 Å². The molecule has 3 rings (SSSR count). The summed E-state index contributed by atoms with van der Waals surface area (Å²) in [7, 11) is 0. The molecule has 1 atom stereocenters. The van der Waals surface area contributed by atoms with Crippen LogP contribution in [0.4, 0.5) is 0 Å². The van der Waals surface area contributed by atoms with Gasteiger partial charge >= 0.3 is 0 Å². The van der Waals surface area contributed by atoms with E-state index in [0.29, 0.717) is 24.0 Å².